The molecule has 0 saturated heterocycles. The predicted molar refractivity (Wildman–Crippen MR) is 77.4 cm³/mol. The number of benzene rings is 2. The minimum Gasteiger partial charge on any atom is -0.507 e. The zero-order valence-electron chi connectivity index (χ0n) is 11.0. The number of hydrogen-bond acceptors (Lipinski definition) is 3. The van der Waals surface area contributed by atoms with Crippen molar-refractivity contribution in [2.45, 2.75) is 24.3 Å². The Bertz CT molecular complexity index is 755. The van der Waals surface area contributed by atoms with E-state index < -0.39 is 10.0 Å². The summed E-state index contributed by atoms with van der Waals surface area (Å²) in [5.74, 6) is -0.218. The van der Waals surface area contributed by atoms with Crippen molar-refractivity contribution in [3.63, 3.8) is 0 Å². The third-order valence-corrected chi connectivity index (χ3v) is 5.52. The van der Waals surface area contributed by atoms with Crippen LogP contribution in [0.2, 0.25) is 0 Å². The standard InChI is InChI=1S/C15H15NO3S/c1-11-10-12-6-2-3-7-13(12)16(11)20(18,19)15-9-5-4-8-14(15)17/h2-9,11,17H,10H2,1H3. The van der Waals surface area contributed by atoms with Crippen molar-refractivity contribution in [2.24, 2.45) is 0 Å². The molecule has 0 radical (unpaired) electrons. The third-order valence-electron chi connectivity index (χ3n) is 3.55. The summed E-state index contributed by atoms with van der Waals surface area (Å²) in [6.07, 6.45) is 0.684. The average Bonchev–Trinajstić information content (AvgIpc) is 2.75. The Kier molecular flexibility index (Phi) is 2.94. The average molecular weight is 289 g/mol. The fourth-order valence-electron chi connectivity index (χ4n) is 2.68. The van der Waals surface area contributed by atoms with E-state index in [1.54, 1.807) is 18.2 Å². The van der Waals surface area contributed by atoms with Gasteiger partial charge < -0.3 is 5.11 Å². The van der Waals surface area contributed by atoms with Crippen LogP contribution in [-0.4, -0.2) is 19.6 Å². The minimum absolute atomic E-state index is 0.0523. The van der Waals surface area contributed by atoms with Crippen molar-refractivity contribution in [2.75, 3.05) is 4.31 Å². The van der Waals surface area contributed by atoms with Gasteiger partial charge in [0.2, 0.25) is 0 Å². The van der Waals surface area contributed by atoms with Crippen molar-refractivity contribution in [1.29, 1.82) is 0 Å². The van der Waals surface area contributed by atoms with Gasteiger partial charge in [0.1, 0.15) is 10.6 Å². The Morgan fingerprint density at radius 1 is 1.10 bits per heavy atom. The van der Waals surface area contributed by atoms with Gasteiger partial charge in [-0.2, -0.15) is 0 Å². The molecule has 0 saturated carbocycles. The summed E-state index contributed by atoms with van der Waals surface area (Å²) >= 11 is 0. The van der Waals surface area contributed by atoms with Gasteiger partial charge in [-0.25, -0.2) is 8.42 Å². The number of para-hydroxylation sites is 2. The van der Waals surface area contributed by atoms with Gasteiger partial charge in [-0.3, -0.25) is 4.31 Å². The lowest BCUT2D eigenvalue weighted by Crippen LogP contribution is -2.35. The monoisotopic (exact) mass is 289 g/mol. The van der Waals surface area contributed by atoms with E-state index in [1.165, 1.54) is 16.4 Å². The second-order valence-corrected chi connectivity index (χ2v) is 6.73. The van der Waals surface area contributed by atoms with E-state index in [0.29, 0.717) is 12.1 Å². The maximum absolute atomic E-state index is 12.8. The number of sulfonamides is 1. The maximum atomic E-state index is 12.8. The number of nitrogens with zero attached hydrogens (tertiary/aromatic N) is 1. The van der Waals surface area contributed by atoms with Gasteiger partial charge in [0.25, 0.3) is 10.0 Å². The second-order valence-electron chi connectivity index (χ2n) is 4.95. The molecular formula is C15H15NO3S. The van der Waals surface area contributed by atoms with Gasteiger partial charge in [-0.05, 0) is 37.1 Å². The van der Waals surface area contributed by atoms with Crippen molar-refractivity contribution >= 4 is 15.7 Å². The van der Waals surface area contributed by atoms with Gasteiger partial charge in [-0.15, -0.1) is 0 Å². The Morgan fingerprint density at radius 3 is 2.50 bits per heavy atom. The highest BCUT2D eigenvalue weighted by Gasteiger charge is 2.36. The van der Waals surface area contributed by atoms with Crippen molar-refractivity contribution < 1.29 is 13.5 Å². The van der Waals surface area contributed by atoms with Gasteiger partial charge in [0.15, 0.2) is 0 Å². The summed E-state index contributed by atoms with van der Waals surface area (Å²) in [4.78, 5) is -0.0523. The lowest BCUT2D eigenvalue weighted by atomic mass is 10.1. The van der Waals surface area contributed by atoms with Crippen LogP contribution < -0.4 is 4.31 Å². The minimum atomic E-state index is -3.75. The molecule has 104 valence electrons. The molecule has 2 aromatic carbocycles. The van der Waals surface area contributed by atoms with E-state index in [1.807, 2.05) is 25.1 Å². The van der Waals surface area contributed by atoms with Crippen molar-refractivity contribution in [3.05, 3.63) is 54.1 Å². The topological polar surface area (TPSA) is 57.6 Å². The molecule has 0 amide bonds. The zero-order valence-corrected chi connectivity index (χ0v) is 11.8. The predicted octanol–water partition coefficient (Wildman–Crippen LogP) is 2.53. The molecule has 1 atom stereocenters. The maximum Gasteiger partial charge on any atom is 0.268 e. The number of hydrogen-bond donors (Lipinski definition) is 1. The number of fused-ring (bicyclic) bond motifs is 1. The highest BCUT2D eigenvalue weighted by Crippen LogP contribution is 2.38. The van der Waals surface area contributed by atoms with Crippen molar-refractivity contribution in [1.82, 2.24) is 0 Å². The summed E-state index contributed by atoms with van der Waals surface area (Å²) < 4.78 is 27.0. The van der Waals surface area contributed by atoms with Crippen LogP contribution in [0.15, 0.2) is 53.4 Å². The van der Waals surface area contributed by atoms with E-state index in [2.05, 4.69) is 0 Å². The molecule has 0 aliphatic carbocycles. The highest BCUT2D eigenvalue weighted by atomic mass is 32.2. The molecule has 2 aromatic rings. The van der Waals surface area contributed by atoms with E-state index in [0.717, 1.165) is 5.56 Å². The summed E-state index contributed by atoms with van der Waals surface area (Å²) in [6, 6.07) is 13.3. The summed E-state index contributed by atoms with van der Waals surface area (Å²) in [5, 5.41) is 9.83. The van der Waals surface area contributed by atoms with Crippen LogP contribution >= 0.6 is 0 Å². The van der Waals surface area contributed by atoms with Crippen LogP contribution in [-0.2, 0) is 16.4 Å². The number of rotatable bonds is 2. The van der Waals surface area contributed by atoms with Crippen LogP contribution in [0, 0.1) is 0 Å². The Hall–Kier alpha value is -2.01. The molecular weight excluding hydrogens is 274 g/mol. The normalized spacial score (nSPS) is 18.1. The fraction of sp³-hybridized carbons (Fsp3) is 0.200. The number of phenolic OH excluding ortho intramolecular Hbond substituents is 1. The van der Waals surface area contributed by atoms with E-state index >= 15 is 0 Å². The summed E-state index contributed by atoms with van der Waals surface area (Å²) in [7, 11) is -3.75. The Morgan fingerprint density at radius 2 is 1.75 bits per heavy atom. The third kappa shape index (κ3) is 1.86. The van der Waals surface area contributed by atoms with Crippen molar-refractivity contribution in [3.8, 4) is 5.75 Å². The molecule has 5 heteroatoms. The first-order valence-corrected chi connectivity index (χ1v) is 7.86. The largest absolute Gasteiger partial charge is 0.507 e. The van der Waals surface area contributed by atoms with E-state index in [4.69, 9.17) is 0 Å². The molecule has 1 N–H and O–H groups in total. The second kappa shape index (κ2) is 4.52. The van der Waals surface area contributed by atoms with Crippen LogP contribution in [0.4, 0.5) is 5.69 Å². The van der Waals surface area contributed by atoms with Crippen LogP contribution in [0.5, 0.6) is 5.75 Å². The number of aromatic hydroxyl groups is 1. The molecule has 1 aliphatic rings. The molecule has 0 fully saturated rings. The molecule has 1 heterocycles. The lowest BCUT2D eigenvalue weighted by molar-refractivity contribution is 0.458. The molecule has 0 aromatic heterocycles. The zero-order chi connectivity index (χ0) is 14.3. The van der Waals surface area contributed by atoms with Gasteiger partial charge in [0, 0.05) is 6.04 Å². The van der Waals surface area contributed by atoms with Crippen LogP contribution in [0.25, 0.3) is 0 Å². The molecule has 0 bridgehead atoms. The van der Waals surface area contributed by atoms with Crippen LogP contribution in [0.1, 0.15) is 12.5 Å². The summed E-state index contributed by atoms with van der Waals surface area (Å²) in [5.41, 5.74) is 1.71. The van der Waals surface area contributed by atoms with E-state index in [-0.39, 0.29) is 16.7 Å². The molecule has 20 heavy (non-hydrogen) atoms. The highest BCUT2D eigenvalue weighted by molar-refractivity contribution is 7.93. The van der Waals surface area contributed by atoms with Gasteiger partial charge in [0.05, 0.1) is 5.69 Å². The smallest absolute Gasteiger partial charge is 0.268 e. The Labute approximate surface area is 118 Å². The molecule has 0 spiro atoms. The first-order chi connectivity index (χ1) is 9.51. The van der Waals surface area contributed by atoms with Gasteiger partial charge in [-0.1, -0.05) is 30.3 Å². The number of phenols is 1. The summed E-state index contributed by atoms with van der Waals surface area (Å²) in [6.45, 7) is 1.87. The number of anilines is 1. The quantitative estimate of drug-likeness (QED) is 0.924. The SMILES string of the molecule is CC1Cc2ccccc2N1S(=O)(=O)c1ccccc1O. The molecule has 1 aliphatic heterocycles. The fourth-order valence-corrected chi connectivity index (χ4v) is 4.46. The van der Waals surface area contributed by atoms with Gasteiger partial charge >= 0.3 is 0 Å². The first-order valence-electron chi connectivity index (χ1n) is 6.42. The molecule has 1 unspecified atom stereocenters. The van der Waals surface area contributed by atoms with Crippen LogP contribution in [0.3, 0.4) is 0 Å². The van der Waals surface area contributed by atoms with E-state index in [9.17, 15) is 13.5 Å². The molecule has 4 nitrogen and oxygen atoms in total. The molecule has 3 rings (SSSR count). The lowest BCUT2D eigenvalue weighted by Gasteiger charge is -2.24. The first kappa shape index (κ1) is 13.0. The Balaban J connectivity index is 2.16.